The molecule has 0 fully saturated rings. The van der Waals surface area contributed by atoms with E-state index in [0.717, 1.165) is 38.2 Å². The molecule has 0 aromatic carbocycles. The van der Waals surface area contributed by atoms with Gasteiger partial charge < -0.3 is 10.2 Å². The van der Waals surface area contributed by atoms with Crippen molar-refractivity contribution in [2.75, 3.05) is 25.5 Å². The molecular weight excluding hydrogens is 252 g/mol. The lowest BCUT2D eigenvalue weighted by Gasteiger charge is -2.15. The van der Waals surface area contributed by atoms with Crippen LogP contribution in [-0.4, -0.2) is 40.9 Å². The monoisotopic (exact) mass is 278 g/mol. The lowest BCUT2D eigenvalue weighted by molar-refractivity contribution is 0.0787. The summed E-state index contributed by atoms with van der Waals surface area (Å²) in [5, 5.41) is 3.21. The Morgan fingerprint density at radius 2 is 1.90 bits per heavy atom. The van der Waals surface area contributed by atoms with E-state index in [4.69, 9.17) is 0 Å². The SMILES string of the molecule is CCCCCNc1cnc(C(=O)N(C)CCCC)cn1. The molecule has 1 rings (SSSR count). The maximum atomic E-state index is 12.1. The predicted octanol–water partition coefficient (Wildman–Crippen LogP) is 2.95. The van der Waals surface area contributed by atoms with Gasteiger partial charge in [-0.25, -0.2) is 9.97 Å². The van der Waals surface area contributed by atoms with E-state index in [1.165, 1.54) is 12.8 Å². The number of nitrogens with zero attached hydrogens (tertiary/aromatic N) is 3. The van der Waals surface area contributed by atoms with E-state index in [9.17, 15) is 4.79 Å². The van der Waals surface area contributed by atoms with Crippen LogP contribution in [0.15, 0.2) is 12.4 Å². The van der Waals surface area contributed by atoms with Gasteiger partial charge >= 0.3 is 0 Å². The number of carbonyl (C=O) groups excluding carboxylic acids is 1. The van der Waals surface area contributed by atoms with Crippen molar-refractivity contribution in [1.29, 1.82) is 0 Å². The normalized spacial score (nSPS) is 10.3. The number of hydrogen-bond donors (Lipinski definition) is 1. The summed E-state index contributed by atoms with van der Waals surface area (Å²) in [5.41, 5.74) is 0.405. The summed E-state index contributed by atoms with van der Waals surface area (Å²) in [7, 11) is 1.80. The Balaban J connectivity index is 2.46. The fourth-order valence-electron chi connectivity index (χ4n) is 1.81. The van der Waals surface area contributed by atoms with Crippen molar-refractivity contribution >= 4 is 11.7 Å². The second-order valence-electron chi connectivity index (χ2n) is 5.00. The highest BCUT2D eigenvalue weighted by molar-refractivity contribution is 5.91. The number of amides is 1. The number of hydrogen-bond acceptors (Lipinski definition) is 4. The van der Waals surface area contributed by atoms with E-state index in [0.29, 0.717) is 5.69 Å². The number of aromatic nitrogens is 2. The van der Waals surface area contributed by atoms with Crippen molar-refractivity contribution in [3.8, 4) is 0 Å². The molecule has 1 N–H and O–H groups in total. The third kappa shape index (κ3) is 5.55. The second-order valence-corrected chi connectivity index (χ2v) is 5.00. The van der Waals surface area contributed by atoms with E-state index in [2.05, 4.69) is 29.1 Å². The van der Waals surface area contributed by atoms with Gasteiger partial charge in [-0.1, -0.05) is 33.1 Å². The zero-order valence-electron chi connectivity index (χ0n) is 12.9. The van der Waals surface area contributed by atoms with Crippen LogP contribution in [0.1, 0.15) is 56.4 Å². The van der Waals surface area contributed by atoms with Crippen molar-refractivity contribution < 1.29 is 4.79 Å². The van der Waals surface area contributed by atoms with Crippen molar-refractivity contribution in [3.63, 3.8) is 0 Å². The molecule has 1 amide bonds. The third-order valence-electron chi connectivity index (χ3n) is 3.15. The summed E-state index contributed by atoms with van der Waals surface area (Å²) in [6.07, 6.45) is 8.79. The molecule has 0 saturated heterocycles. The van der Waals surface area contributed by atoms with Gasteiger partial charge in [0.2, 0.25) is 0 Å². The average Bonchev–Trinajstić information content (AvgIpc) is 2.49. The lowest BCUT2D eigenvalue weighted by atomic mass is 10.2. The van der Waals surface area contributed by atoms with E-state index in [-0.39, 0.29) is 5.91 Å². The Bertz CT molecular complexity index is 391. The lowest BCUT2D eigenvalue weighted by Crippen LogP contribution is -2.28. The average molecular weight is 278 g/mol. The summed E-state index contributed by atoms with van der Waals surface area (Å²) >= 11 is 0. The first kappa shape index (κ1) is 16.4. The van der Waals surface area contributed by atoms with Gasteiger partial charge in [-0.15, -0.1) is 0 Å². The highest BCUT2D eigenvalue weighted by Gasteiger charge is 2.12. The molecule has 0 aliphatic rings. The minimum atomic E-state index is -0.0662. The van der Waals surface area contributed by atoms with E-state index in [1.54, 1.807) is 24.3 Å². The van der Waals surface area contributed by atoms with Gasteiger partial charge in [0.15, 0.2) is 0 Å². The minimum absolute atomic E-state index is 0.0662. The minimum Gasteiger partial charge on any atom is -0.369 e. The largest absolute Gasteiger partial charge is 0.369 e. The van der Waals surface area contributed by atoms with E-state index in [1.807, 2.05) is 0 Å². The molecule has 112 valence electrons. The Labute approximate surface area is 121 Å². The van der Waals surface area contributed by atoms with Crippen LogP contribution < -0.4 is 5.32 Å². The molecular formula is C15H26N4O. The molecule has 5 heteroatoms. The Morgan fingerprint density at radius 3 is 2.50 bits per heavy atom. The van der Waals surface area contributed by atoms with Crippen molar-refractivity contribution in [3.05, 3.63) is 18.1 Å². The van der Waals surface area contributed by atoms with Gasteiger partial charge in [-0.2, -0.15) is 0 Å². The molecule has 0 spiro atoms. The standard InChI is InChI=1S/C15H26N4O/c1-4-6-8-9-16-14-12-17-13(11-18-14)15(20)19(3)10-7-5-2/h11-12H,4-10H2,1-3H3,(H,16,18). The topological polar surface area (TPSA) is 58.1 Å². The first-order valence-electron chi connectivity index (χ1n) is 7.50. The van der Waals surface area contributed by atoms with Crippen LogP contribution in [-0.2, 0) is 0 Å². The maximum Gasteiger partial charge on any atom is 0.273 e. The van der Waals surface area contributed by atoms with Gasteiger partial charge in [0.05, 0.1) is 12.4 Å². The Morgan fingerprint density at radius 1 is 1.15 bits per heavy atom. The summed E-state index contributed by atoms with van der Waals surface area (Å²) < 4.78 is 0. The molecule has 0 radical (unpaired) electrons. The number of nitrogens with one attached hydrogen (secondary N) is 1. The van der Waals surface area contributed by atoms with Crippen molar-refractivity contribution in [2.45, 2.75) is 46.0 Å². The van der Waals surface area contributed by atoms with E-state index < -0.39 is 0 Å². The molecule has 1 heterocycles. The quantitative estimate of drug-likeness (QED) is 0.706. The van der Waals surface area contributed by atoms with Crippen molar-refractivity contribution in [2.24, 2.45) is 0 Å². The Hall–Kier alpha value is -1.65. The van der Waals surface area contributed by atoms with Gasteiger partial charge in [0.1, 0.15) is 11.5 Å². The summed E-state index contributed by atoms with van der Waals surface area (Å²) in [5.74, 6) is 0.664. The van der Waals surface area contributed by atoms with Crippen LogP contribution in [0.3, 0.4) is 0 Å². The number of rotatable bonds is 9. The zero-order valence-corrected chi connectivity index (χ0v) is 12.9. The van der Waals surface area contributed by atoms with Crippen molar-refractivity contribution in [1.82, 2.24) is 14.9 Å². The summed E-state index contributed by atoms with van der Waals surface area (Å²) in [4.78, 5) is 22.2. The van der Waals surface area contributed by atoms with Crippen LogP contribution in [0.2, 0.25) is 0 Å². The third-order valence-corrected chi connectivity index (χ3v) is 3.15. The molecule has 0 aliphatic carbocycles. The zero-order chi connectivity index (χ0) is 14.8. The van der Waals surface area contributed by atoms with Gasteiger partial charge in [0.25, 0.3) is 5.91 Å². The molecule has 0 unspecified atom stereocenters. The predicted molar refractivity (Wildman–Crippen MR) is 81.9 cm³/mol. The number of carbonyl (C=O) groups is 1. The van der Waals surface area contributed by atoms with Crippen LogP contribution in [0.25, 0.3) is 0 Å². The smallest absolute Gasteiger partial charge is 0.273 e. The molecule has 5 nitrogen and oxygen atoms in total. The highest BCUT2D eigenvalue weighted by Crippen LogP contribution is 2.05. The first-order chi connectivity index (χ1) is 9.69. The molecule has 0 aliphatic heterocycles. The number of unbranched alkanes of at least 4 members (excludes halogenated alkanes) is 3. The van der Waals surface area contributed by atoms with Crippen LogP contribution in [0, 0.1) is 0 Å². The first-order valence-corrected chi connectivity index (χ1v) is 7.50. The molecule has 1 aromatic rings. The fourth-order valence-corrected chi connectivity index (χ4v) is 1.81. The number of anilines is 1. The molecule has 0 saturated carbocycles. The summed E-state index contributed by atoms with van der Waals surface area (Å²) in [6, 6.07) is 0. The van der Waals surface area contributed by atoms with Crippen LogP contribution in [0.4, 0.5) is 5.82 Å². The molecule has 0 atom stereocenters. The van der Waals surface area contributed by atoms with Crippen LogP contribution in [0.5, 0.6) is 0 Å². The fraction of sp³-hybridized carbons (Fsp3) is 0.667. The highest BCUT2D eigenvalue weighted by atomic mass is 16.2. The Kier molecular flexibility index (Phi) is 7.62. The van der Waals surface area contributed by atoms with Gasteiger partial charge in [-0.05, 0) is 12.8 Å². The molecule has 1 aromatic heterocycles. The van der Waals surface area contributed by atoms with E-state index >= 15 is 0 Å². The van der Waals surface area contributed by atoms with Gasteiger partial charge in [0, 0.05) is 20.1 Å². The van der Waals surface area contributed by atoms with Gasteiger partial charge in [-0.3, -0.25) is 4.79 Å². The molecule has 20 heavy (non-hydrogen) atoms. The van der Waals surface area contributed by atoms with Crippen LogP contribution >= 0.6 is 0 Å². The maximum absolute atomic E-state index is 12.1. The molecule has 0 bridgehead atoms. The second kappa shape index (κ2) is 9.28. The summed E-state index contributed by atoms with van der Waals surface area (Å²) in [6.45, 7) is 5.94.